The molecule has 0 saturated carbocycles. The van der Waals surface area contributed by atoms with E-state index in [1.807, 2.05) is 18.2 Å². The van der Waals surface area contributed by atoms with Crippen LogP contribution in [0.3, 0.4) is 0 Å². The molecule has 0 amide bonds. The molecule has 1 heterocycles. The van der Waals surface area contributed by atoms with Gasteiger partial charge in [0.15, 0.2) is 5.78 Å². The number of halogens is 1. The Hall–Kier alpha value is -1.80. The van der Waals surface area contributed by atoms with Crippen molar-refractivity contribution < 1.29 is 4.79 Å². The van der Waals surface area contributed by atoms with Gasteiger partial charge in [0.05, 0.1) is 5.02 Å². The van der Waals surface area contributed by atoms with Gasteiger partial charge in [-0.25, -0.2) is 0 Å². The molecule has 0 unspecified atom stereocenters. The van der Waals surface area contributed by atoms with Crippen LogP contribution in [-0.2, 0) is 13.1 Å². The zero-order chi connectivity index (χ0) is 13.4. The molecule has 1 aliphatic heterocycles. The van der Waals surface area contributed by atoms with E-state index in [-0.39, 0.29) is 5.78 Å². The van der Waals surface area contributed by atoms with Gasteiger partial charge in [-0.2, -0.15) is 0 Å². The quantitative estimate of drug-likeness (QED) is 0.768. The van der Waals surface area contributed by atoms with Crippen LogP contribution in [0.15, 0.2) is 42.5 Å². The lowest BCUT2D eigenvalue weighted by molar-refractivity contribution is 0.101. The minimum absolute atomic E-state index is 0.00116. The average molecular weight is 272 g/mol. The van der Waals surface area contributed by atoms with Gasteiger partial charge in [-0.05, 0) is 36.2 Å². The van der Waals surface area contributed by atoms with Crippen LogP contribution in [0.25, 0.3) is 0 Å². The molecule has 2 aromatic carbocycles. The Kier molecular flexibility index (Phi) is 3.03. The zero-order valence-corrected chi connectivity index (χ0v) is 11.4. The molecule has 0 aliphatic carbocycles. The van der Waals surface area contributed by atoms with Crippen molar-refractivity contribution in [3.63, 3.8) is 0 Å². The lowest BCUT2D eigenvalue weighted by Gasteiger charge is -2.18. The summed E-state index contributed by atoms with van der Waals surface area (Å²) in [7, 11) is 0. The van der Waals surface area contributed by atoms with Crippen LogP contribution in [0.2, 0.25) is 5.02 Å². The molecule has 0 atom stereocenters. The first-order valence-electron chi connectivity index (χ1n) is 6.27. The van der Waals surface area contributed by atoms with E-state index in [9.17, 15) is 4.79 Å². The van der Waals surface area contributed by atoms with E-state index in [1.165, 1.54) is 18.1 Å². The van der Waals surface area contributed by atoms with Gasteiger partial charge in [-0.15, -0.1) is 0 Å². The van der Waals surface area contributed by atoms with Gasteiger partial charge in [0, 0.05) is 24.3 Å². The fourth-order valence-corrected chi connectivity index (χ4v) is 2.81. The zero-order valence-electron chi connectivity index (χ0n) is 10.7. The molecule has 0 aromatic heterocycles. The van der Waals surface area contributed by atoms with E-state index >= 15 is 0 Å². The van der Waals surface area contributed by atoms with Crippen LogP contribution in [0, 0.1) is 0 Å². The van der Waals surface area contributed by atoms with E-state index in [4.69, 9.17) is 11.6 Å². The monoisotopic (exact) mass is 271 g/mol. The number of fused-ring (bicyclic) bond motifs is 1. The van der Waals surface area contributed by atoms with Crippen molar-refractivity contribution in [2.75, 3.05) is 4.90 Å². The topological polar surface area (TPSA) is 20.3 Å². The predicted molar refractivity (Wildman–Crippen MR) is 77.8 cm³/mol. The largest absolute Gasteiger partial charge is 0.363 e. The van der Waals surface area contributed by atoms with Crippen LogP contribution in [0.4, 0.5) is 5.69 Å². The van der Waals surface area contributed by atoms with Crippen LogP contribution < -0.4 is 4.90 Å². The van der Waals surface area contributed by atoms with Crippen molar-refractivity contribution in [3.05, 3.63) is 64.2 Å². The van der Waals surface area contributed by atoms with E-state index in [0.717, 1.165) is 18.8 Å². The molecular weight excluding hydrogens is 258 g/mol. The number of hydrogen-bond acceptors (Lipinski definition) is 2. The second-order valence-corrected chi connectivity index (χ2v) is 5.25. The van der Waals surface area contributed by atoms with Crippen molar-refractivity contribution in [1.29, 1.82) is 0 Å². The SMILES string of the molecule is CC(=O)c1ccc(N2Cc3ccccc3C2)cc1Cl. The summed E-state index contributed by atoms with van der Waals surface area (Å²) in [6, 6.07) is 14.1. The Bertz CT molecular complexity index is 626. The Morgan fingerprint density at radius 2 is 1.74 bits per heavy atom. The van der Waals surface area contributed by atoms with E-state index < -0.39 is 0 Å². The van der Waals surface area contributed by atoms with Crippen molar-refractivity contribution in [2.24, 2.45) is 0 Å². The third-order valence-electron chi connectivity index (χ3n) is 3.54. The first kappa shape index (κ1) is 12.2. The fourth-order valence-electron chi connectivity index (χ4n) is 2.50. The molecule has 3 rings (SSSR count). The average Bonchev–Trinajstić information content (AvgIpc) is 2.81. The fraction of sp³-hybridized carbons (Fsp3) is 0.188. The Labute approximate surface area is 117 Å². The van der Waals surface area contributed by atoms with E-state index in [1.54, 1.807) is 0 Å². The predicted octanol–water partition coefficient (Wildman–Crippen LogP) is 4.06. The highest BCUT2D eigenvalue weighted by molar-refractivity contribution is 6.34. The highest BCUT2D eigenvalue weighted by Gasteiger charge is 2.19. The molecule has 0 N–H and O–H groups in total. The molecule has 2 aromatic rings. The van der Waals surface area contributed by atoms with Gasteiger partial charge in [-0.3, -0.25) is 4.79 Å². The Morgan fingerprint density at radius 1 is 1.11 bits per heavy atom. The standard InChI is InChI=1S/C16H14ClNO/c1-11(19)15-7-6-14(8-16(15)17)18-9-12-4-2-3-5-13(12)10-18/h2-8H,9-10H2,1H3. The van der Waals surface area contributed by atoms with Crippen molar-refractivity contribution >= 4 is 23.1 Å². The molecule has 0 fully saturated rings. The molecule has 96 valence electrons. The second kappa shape index (κ2) is 4.71. The lowest BCUT2D eigenvalue weighted by atomic mass is 10.1. The Morgan fingerprint density at radius 3 is 2.26 bits per heavy atom. The molecule has 0 bridgehead atoms. The van der Waals surface area contributed by atoms with Crippen molar-refractivity contribution in [2.45, 2.75) is 20.0 Å². The van der Waals surface area contributed by atoms with Crippen LogP contribution >= 0.6 is 11.6 Å². The highest BCUT2D eigenvalue weighted by Crippen LogP contribution is 2.31. The molecule has 0 spiro atoms. The Balaban J connectivity index is 1.90. The van der Waals surface area contributed by atoms with Crippen LogP contribution in [-0.4, -0.2) is 5.78 Å². The summed E-state index contributed by atoms with van der Waals surface area (Å²) in [5.41, 5.74) is 4.36. The van der Waals surface area contributed by atoms with Crippen LogP contribution in [0.5, 0.6) is 0 Å². The number of rotatable bonds is 2. The maximum absolute atomic E-state index is 11.4. The molecule has 0 saturated heterocycles. The highest BCUT2D eigenvalue weighted by atomic mass is 35.5. The molecule has 3 heteroatoms. The summed E-state index contributed by atoms with van der Waals surface area (Å²) in [4.78, 5) is 13.6. The molecule has 1 aliphatic rings. The molecular formula is C16H14ClNO. The van der Waals surface area contributed by atoms with Gasteiger partial charge in [-0.1, -0.05) is 35.9 Å². The second-order valence-electron chi connectivity index (χ2n) is 4.85. The first-order valence-corrected chi connectivity index (χ1v) is 6.65. The number of Topliss-reactive ketones (excluding diaryl/α,β-unsaturated/α-hetero) is 1. The lowest BCUT2D eigenvalue weighted by Crippen LogP contribution is -2.14. The number of carbonyl (C=O) groups excluding carboxylic acids is 1. The minimum atomic E-state index is 0.00116. The van der Waals surface area contributed by atoms with Gasteiger partial charge in [0.2, 0.25) is 0 Å². The van der Waals surface area contributed by atoms with Gasteiger partial charge in [0.1, 0.15) is 0 Å². The summed E-state index contributed by atoms with van der Waals surface area (Å²) in [6.07, 6.45) is 0. The van der Waals surface area contributed by atoms with E-state index in [2.05, 4.69) is 29.2 Å². The van der Waals surface area contributed by atoms with E-state index in [0.29, 0.717) is 10.6 Å². The number of nitrogens with zero attached hydrogens (tertiary/aromatic N) is 1. The maximum atomic E-state index is 11.4. The van der Waals surface area contributed by atoms with Gasteiger partial charge < -0.3 is 4.90 Å². The maximum Gasteiger partial charge on any atom is 0.161 e. The summed E-state index contributed by atoms with van der Waals surface area (Å²) in [5, 5.41) is 0.529. The normalized spacial score (nSPS) is 13.5. The number of ketones is 1. The van der Waals surface area contributed by atoms with Crippen molar-refractivity contribution in [1.82, 2.24) is 0 Å². The smallest absolute Gasteiger partial charge is 0.161 e. The molecule has 19 heavy (non-hydrogen) atoms. The number of anilines is 1. The van der Waals surface area contributed by atoms with Gasteiger partial charge in [0.25, 0.3) is 0 Å². The number of benzene rings is 2. The number of hydrogen-bond donors (Lipinski definition) is 0. The summed E-state index contributed by atoms with van der Waals surface area (Å²) >= 11 is 6.17. The third-order valence-corrected chi connectivity index (χ3v) is 3.85. The number of carbonyl (C=O) groups is 1. The summed E-state index contributed by atoms with van der Waals surface area (Å²) in [6.45, 7) is 3.32. The van der Waals surface area contributed by atoms with Crippen LogP contribution in [0.1, 0.15) is 28.4 Å². The van der Waals surface area contributed by atoms with Gasteiger partial charge >= 0.3 is 0 Å². The first-order chi connectivity index (χ1) is 9.15. The summed E-state index contributed by atoms with van der Waals surface area (Å²) in [5.74, 6) is 0.00116. The summed E-state index contributed by atoms with van der Waals surface area (Å²) < 4.78 is 0. The molecule has 0 radical (unpaired) electrons. The molecule has 2 nitrogen and oxygen atoms in total. The van der Waals surface area contributed by atoms with Crippen molar-refractivity contribution in [3.8, 4) is 0 Å². The minimum Gasteiger partial charge on any atom is -0.363 e. The third kappa shape index (κ3) is 2.24.